The lowest BCUT2D eigenvalue weighted by Crippen LogP contribution is -2.10. The van der Waals surface area contributed by atoms with E-state index in [-0.39, 0.29) is 5.76 Å². The largest absolute Gasteiger partial charge is 0.451 e. The van der Waals surface area contributed by atoms with Gasteiger partial charge in [0.2, 0.25) is 0 Å². The van der Waals surface area contributed by atoms with Gasteiger partial charge >= 0.3 is 0 Å². The van der Waals surface area contributed by atoms with E-state index < -0.39 is 5.91 Å². The summed E-state index contributed by atoms with van der Waals surface area (Å²) in [4.78, 5) is 11.0. The average molecular weight is 188 g/mol. The maximum Gasteiger partial charge on any atom is 0.284 e. The molecule has 0 fully saturated rings. The van der Waals surface area contributed by atoms with Gasteiger partial charge in [0.1, 0.15) is 5.58 Å². The molecule has 0 aliphatic rings. The number of carbonyl (C=O) groups is 1. The Kier molecular flexibility index (Phi) is 1.81. The van der Waals surface area contributed by atoms with Crippen molar-refractivity contribution in [3.05, 3.63) is 42.0 Å². The van der Waals surface area contributed by atoms with Gasteiger partial charge in [-0.3, -0.25) is 4.79 Å². The summed E-state index contributed by atoms with van der Waals surface area (Å²) < 4.78 is 5.33. The molecule has 2 N–H and O–H groups in total. The van der Waals surface area contributed by atoms with Crippen molar-refractivity contribution in [2.45, 2.75) is 6.92 Å². The third kappa shape index (κ3) is 1.18. The van der Waals surface area contributed by atoms with Gasteiger partial charge in [0, 0.05) is 10.9 Å². The number of furan rings is 1. The minimum Gasteiger partial charge on any atom is -0.451 e. The Bertz CT molecular complexity index is 511. The van der Waals surface area contributed by atoms with Crippen molar-refractivity contribution >= 4 is 16.9 Å². The van der Waals surface area contributed by atoms with Crippen LogP contribution in [-0.4, -0.2) is 5.91 Å². The number of primary amides is 1. The summed E-state index contributed by atoms with van der Waals surface area (Å²) in [6.07, 6.45) is 0. The number of carbonyl (C=O) groups excluding carboxylic acids is 1. The standard InChI is InChI=1S/C11H10NO2/c1-6-3-4-8-7(2)10(11(12)13)14-9(8)5-6/h3-5H,1H2,2H3,(H2,12,13). The molecule has 3 heteroatoms. The highest BCUT2D eigenvalue weighted by molar-refractivity contribution is 5.98. The van der Waals surface area contributed by atoms with Crippen molar-refractivity contribution in [3.63, 3.8) is 0 Å². The first-order valence-corrected chi connectivity index (χ1v) is 4.24. The summed E-state index contributed by atoms with van der Waals surface area (Å²) in [5.41, 5.74) is 7.46. The molecule has 0 atom stereocenters. The summed E-state index contributed by atoms with van der Waals surface area (Å²) in [7, 11) is 0. The van der Waals surface area contributed by atoms with Crippen molar-refractivity contribution in [3.8, 4) is 0 Å². The number of nitrogens with two attached hydrogens (primary N) is 1. The maximum atomic E-state index is 11.0. The Hall–Kier alpha value is -1.77. The quantitative estimate of drug-likeness (QED) is 0.744. The van der Waals surface area contributed by atoms with Gasteiger partial charge in [-0.1, -0.05) is 12.1 Å². The van der Waals surface area contributed by atoms with E-state index in [0.717, 1.165) is 16.5 Å². The van der Waals surface area contributed by atoms with Gasteiger partial charge in [-0.2, -0.15) is 0 Å². The predicted octanol–water partition coefficient (Wildman–Crippen LogP) is 2.02. The van der Waals surface area contributed by atoms with Crippen LogP contribution >= 0.6 is 0 Å². The molecule has 2 rings (SSSR count). The highest BCUT2D eigenvalue weighted by atomic mass is 16.3. The predicted molar refractivity (Wildman–Crippen MR) is 53.9 cm³/mol. The van der Waals surface area contributed by atoms with Gasteiger partial charge < -0.3 is 10.2 Å². The van der Waals surface area contributed by atoms with Gasteiger partial charge in [-0.05, 0) is 25.5 Å². The Morgan fingerprint density at radius 2 is 2.21 bits per heavy atom. The zero-order valence-electron chi connectivity index (χ0n) is 7.83. The van der Waals surface area contributed by atoms with E-state index in [2.05, 4.69) is 6.92 Å². The molecule has 0 saturated carbocycles. The molecule has 0 unspecified atom stereocenters. The second-order valence-electron chi connectivity index (χ2n) is 3.25. The Labute approximate surface area is 81.5 Å². The minimum absolute atomic E-state index is 0.227. The highest BCUT2D eigenvalue weighted by Crippen LogP contribution is 2.25. The molecule has 0 spiro atoms. The Morgan fingerprint density at radius 3 is 2.86 bits per heavy atom. The van der Waals surface area contributed by atoms with Crippen LogP contribution in [0, 0.1) is 13.8 Å². The zero-order chi connectivity index (χ0) is 10.3. The fourth-order valence-electron chi connectivity index (χ4n) is 1.50. The molecule has 2 aromatic rings. The fourth-order valence-corrected chi connectivity index (χ4v) is 1.50. The van der Waals surface area contributed by atoms with Crippen LogP contribution in [-0.2, 0) is 0 Å². The van der Waals surface area contributed by atoms with Crippen molar-refractivity contribution in [1.29, 1.82) is 0 Å². The number of amides is 1. The lowest BCUT2D eigenvalue weighted by atomic mass is 10.1. The third-order valence-corrected chi connectivity index (χ3v) is 2.23. The Morgan fingerprint density at radius 1 is 1.50 bits per heavy atom. The SMILES string of the molecule is [CH2]c1ccc2c(C)c(C(N)=O)oc2c1. The summed E-state index contributed by atoms with van der Waals surface area (Å²) in [5.74, 6) is -0.310. The number of hydrogen-bond donors (Lipinski definition) is 1. The van der Waals surface area contributed by atoms with Crippen LogP contribution in [0.4, 0.5) is 0 Å². The molecule has 1 aromatic heterocycles. The Balaban J connectivity index is 2.79. The van der Waals surface area contributed by atoms with Crippen molar-refractivity contribution in [1.82, 2.24) is 0 Å². The molecule has 0 aliphatic carbocycles. The van der Waals surface area contributed by atoms with Gasteiger partial charge in [-0.25, -0.2) is 0 Å². The smallest absolute Gasteiger partial charge is 0.284 e. The van der Waals surface area contributed by atoms with Crippen molar-refractivity contribution in [2.75, 3.05) is 0 Å². The van der Waals surface area contributed by atoms with Crippen LogP contribution in [0.3, 0.4) is 0 Å². The van der Waals surface area contributed by atoms with E-state index in [1.165, 1.54) is 0 Å². The van der Waals surface area contributed by atoms with Crippen LogP contribution in [0.5, 0.6) is 0 Å². The van der Waals surface area contributed by atoms with Gasteiger partial charge in [0.05, 0.1) is 0 Å². The third-order valence-electron chi connectivity index (χ3n) is 2.23. The van der Waals surface area contributed by atoms with Gasteiger partial charge in [0.25, 0.3) is 5.91 Å². The molecule has 1 amide bonds. The molecule has 71 valence electrons. The molecular weight excluding hydrogens is 178 g/mol. The summed E-state index contributed by atoms with van der Waals surface area (Å²) in [6.45, 7) is 5.59. The number of hydrogen-bond acceptors (Lipinski definition) is 2. The van der Waals surface area contributed by atoms with E-state index >= 15 is 0 Å². The molecular formula is C11H10NO2. The molecule has 0 aliphatic heterocycles. The lowest BCUT2D eigenvalue weighted by Gasteiger charge is -1.90. The number of rotatable bonds is 1. The van der Waals surface area contributed by atoms with Crippen LogP contribution in [0.15, 0.2) is 22.6 Å². The van der Waals surface area contributed by atoms with E-state index in [9.17, 15) is 4.79 Å². The van der Waals surface area contributed by atoms with Crippen LogP contribution in [0.25, 0.3) is 11.0 Å². The highest BCUT2D eigenvalue weighted by Gasteiger charge is 2.14. The van der Waals surface area contributed by atoms with Crippen LogP contribution in [0.2, 0.25) is 0 Å². The van der Waals surface area contributed by atoms with E-state index in [1.807, 2.05) is 19.1 Å². The summed E-state index contributed by atoms with van der Waals surface area (Å²) in [6, 6.07) is 5.54. The normalized spacial score (nSPS) is 10.7. The van der Waals surface area contributed by atoms with Crippen molar-refractivity contribution in [2.24, 2.45) is 5.73 Å². The number of benzene rings is 1. The van der Waals surface area contributed by atoms with E-state index in [0.29, 0.717) is 5.58 Å². The topological polar surface area (TPSA) is 56.2 Å². The first-order chi connectivity index (χ1) is 6.59. The molecule has 3 nitrogen and oxygen atoms in total. The lowest BCUT2D eigenvalue weighted by molar-refractivity contribution is 0.0975. The molecule has 0 saturated heterocycles. The molecule has 1 heterocycles. The van der Waals surface area contributed by atoms with E-state index in [4.69, 9.17) is 10.2 Å². The van der Waals surface area contributed by atoms with Crippen LogP contribution < -0.4 is 5.73 Å². The number of fused-ring (bicyclic) bond motifs is 1. The van der Waals surface area contributed by atoms with Crippen LogP contribution in [0.1, 0.15) is 21.7 Å². The summed E-state index contributed by atoms with van der Waals surface area (Å²) in [5, 5.41) is 0.909. The molecule has 14 heavy (non-hydrogen) atoms. The van der Waals surface area contributed by atoms with Gasteiger partial charge in [0.15, 0.2) is 5.76 Å². The van der Waals surface area contributed by atoms with Gasteiger partial charge in [-0.15, -0.1) is 0 Å². The number of aryl methyl sites for hydroxylation is 1. The second kappa shape index (κ2) is 2.87. The zero-order valence-corrected chi connectivity index (χ0v) is 7.83. The molecule has 0 bridgehead atoms. The van der Waals surface area contributed by atoms with E-state index in [1.54, 1.807) is 6.07 Å². The first-order valence-electron chi connectivity index (χ1n) is 4.24. The van der Waals surface area contributed by atoms with Crippen molar-refractivity contribution < 1.29 is 9.21 Å². The molecule has 1 aromatic carbocycles. The molecule has 1 radical (unpaired) electrons. The second-order valence-corrected chi connectivity index (χ2v) is 3.25. The minimum atomic E-state index is -0.538. The fraction of sp³-hybridized carbons (Fsp3) is 0.0909. The first kappa shape index (κ1) is 8.81. The average Bonchev–Trinajstić information content (AvgIpc) is 2.43. The monoisotopic (exact) mass is 188 g/mol. The maximum absolute atomic E-state index is 11.0. The summed E-state index contributed by atoms with van der Waals surface area (Å²) >= 11 is 0.